The molecule has 0 saturated carbocycles. The van der Waals surface area contributed by atoms with E-state index in [0.29, 0.717) is 39.6 Å². The van der Waals surface area contributed by atoms with Crippen LogP contribution in [0.3, 0.4) is 0 Å². The molecule has 2 N–H and O–H groups in total. The van der Waals surface area contributed by atoms with E-state index in [1.165, 1.54) is 24.2 Å². The smallest absolute Gasteiger partial charge is 0.411 e. The van der Waals surface area contributed by atoms with Crippen LogP contribution in [-0.4, -0.2) is 55.5 Å². The van der Waals surface area contributed by atoms with E-state index in [4.69, 9.17) is 32.7 Å². The van der Waals surface area contributed by atoms with Gasteiger partial charge in [0.25, 0.3) is 0 Å². The zero-order valence-electron chi connectivity index (χ0n) is 28.7. The Hall–Kier alpha value is -6.44. The van der Waals surface area contributed by atoms with Crippen molar-refractivity contribution in [2.24, 2.45) is 0 Å². The SMILES string of the molecule is COC(=O)Cc1ccc(-c2cc([C@H](Cc3ccc(NC(=O)OCc4ccccc4)cc3)NC(=O)/C=C/c3cc(Cl)ccc3-n3cnnn3)nnc2Cl)cc1. The second-order valence-electron chi connectivity index (χ2n) is 11.9. The van der Waals surface area contributed by atoms with E-state index in [9.17, 15) is 14.4 Å². The number of amides is 2. The minimum absolute atomic E-state index is 0.127. The molecule has 0 fully saturated rings. The van der Waals surface area contributed by atoms with Crippen molar-refractivity contribution in [1.82, 2.24) is 35.7 Å². The summed E-state index contributed by atoms with van der Waals surface area (Å²) in [7, 11) is 1.34. The molecule has 0 saturated heterocycles. The monoisotopic (exact) mass is 762 g/mol. The number of hydrogen-bond acceptors (Lipinski definition) is 10. The lowest BCUT2D eigenvalue weighted by Gasteiger charge is -2.19. The van der Waals surface area contributed by atoms with Gasteiger partial charge in [-0.05, 0) is 81.6 Å². The third kappa shape index (κ3) is 10.1. The van der Waals surface area contributed by atoms with Crippen LogP contribution in [0.25, 0.3) is 22.9 Å². The number of aromatic nitrogens is 6. The van der Waals surface area contributed by atoms with Gasteiger partial charge in [-0.2, -0.15) is 9.78 Å². The minimum Gasteiger partial charge on any atom is -0.469 e. The molecule has 0 aliphatic carbocycles. The Morgan fingerprint density at radius 3 is 2.35 bits per heavy atom. The molecule has 0 unspecified atom stereocenters. The Morgan fingerprint density at radius 1 is 0.870 bits per heavy atom. The summed E-state index contributed by atoms with van der Waals surface area (Å²) in [4.78, 5) is 37.7. The number of hydrogen-bond donors (Lipinski definition) is 2. The third-order valence-corrected chi connectivity index (χ3v) is 8.65. The lowest BCUT2D eigenvalue weighted by atomic mass is 9.99. The van der Waals surface area contributed by atoms with E-state index >= 15 is 0 Å². The summed E-state index contributed by atoms with van der Waals surface area (Å²) in [5.41, 5.74) is 5.99. The Bertz CT molecular complexity index is 2250. The van der Waals surface area contributed by atoms with E-state index in [-0.39, 0.29) is 24.2 Å². The van der Waals surface area contributed by atoms with Gasteiger partial charge in [-0.1, -0.05) is 89.9 Å². The first kappa shape index (κ1) is 37.3. The number of ether oxygens (including phenoxy) is 2. The molecule has 0 aliphatic rings. The van der Waals surface area contributed by atoms with Crippen LogP contribution in [0.15, 0.2) is 116 Å². The Labute approximate surface area is 319 Å². The number of halogens is 2. The first-order valence-electron chi connectivity index (χ1n) is 16.5. The largest absolute Gasteiger partial charge is 0.469 e. The molecule has 0 bridgehead atoms. The highest BCUT2D eigenvalue weighted by Gasteiger charge is 2.20. The summed E-state index contributed by atoms with van der Waals surface area (Å²) < 4.78 is 11.6. The topological polar surface area (TPSA) is 163 Å². The highest BCUT2D eigenvalue weighted by molar-refractivity contribution is 6.32. The van der Waals surface area contributed by atoms with Crippen LogP contribution in [0.4, 0.5) is 10.5 Å². The van der Waals surface area contributed by atoms with E-state index in [2.05, 4.69) is 36.4 Å². The maximum atomic E-state index is 13.5. The van der Waals surface area contributed by atoms with E-state index < -0.39 is 18.0 Å². The predicted octanol–water partition coefficient (Wildman–Crippen LogP) is 7.00. The molecule has 0 spiro atoms. The van der Waals surface area contributed by atoms with Gasteiger partial charge < -0.3 is 14.8 Å². The van der Waals surface area contributed by atoms with Crippen molar-refractivity contribution >= 4 is 52.9 Å². The van der Waals surface area contributed by atoms with Gasteiger partial charge in [0.2, 0.25) is 5.91 Å². The normalized spacial score (nSPS) is 11.5. The number of rotatable bonds is 13. The minimum atomic E-state index is -0.669. The van der Waals surface area contributed by atoms with Crippen molar-refractivity contribution in [3.8, 4) is 16.8 Å². The molecule has 13 nitrogen and oxygen atoms in total. The number of benzene rings is 4. The Kier molecular flexibility index (Phi) is 12.3. The second-order valence-corrected chi connectivity index (χ2v) is 12.7. The number of esters is 1. The van der Waals surface area contributed by atoms with Crippen molar-refractivity contribution in [2.45, 2.75) is 25.5 Å². The standard InChI is InChI=1S/C39H32Cl2N8O5/c1-53-37(51)20-26-7-11-28(12-8-26)32-22-34(45-46-38(32)41)33(44-36(50)18-13-29-21-30(40)14-17-35(29)49-24-42-47-48-49)19-25-9-15-31(16-10-25)43-39(52)54-23-27-5-3-2-4-6-27/h2-18,21-22,24,33H,19-20,23H2,1H3,(H,43,52)(H,44,50)/b18-13+/t33-/m0/s1. The molecule has 6 rings (SSSR count). The van der Waals surface area contributed by atoms with Gasteiger partial charge in [-0.15, -0.1) is 10.2 Å². The average molecular weight is 764 g/mol. The fraction of sp³-hybridized carbons (Fsp3) is 0.128. The van der Waals surface area contributed by atoms with Crippen LogP contribution in [0, 0.1) is 0 Å². The molecular formula is C39H32Cl2N8O5. The highest BCUT2D eigenvalue weighted by atomic mass is 35.5. The summed E-state index contributed by atoms with van der Waals surface area (Å²) in [6, 6.07) is 30.0. The van der Waals surface area contributed by atoms with Gasteiger partial charge in [0.05, 0.1) is 31.0 Å². The molecule has 0 aliphatic heterocycles. The summed E-state index contributed by atoms with van der Waals surface area (Å²) in [6.07, 6.45) is 4.27. The van der Waals surface area contributed by atoms with Crippen LogP contribution >= 0.6 is 23.2 Å². The molecule has 4 aromatic carbocycles. The fourth-order valence-corrected chi connectivity index (χ4v) is 5.78. The van der Waals surface area contributed by atoms with Crippen LogP contribution < -0.4 is 10.6 Å². The molecule has 54 heavy (non-hydrogen) atoms. The predicted molar refractivity (Wildman–Crippen MR) is 203 cm³/mol. The Balaban J connectivity index is 1.23. The molecule has 2 heterocycles. The number of nitrogens with zero attached hydrogens (tertiary/aromatic N) is 6. The average Bonchev–Trinajstić information content (AvgIpc) is 3.73. The van der Waals surface area contributed by atoms with Gasteiger partial charge in [-0.25, -0.2) is 4.79 Å². The van der Waals surface area contributed by atoms with Crippen molar-refractivity contribution in [3.63, 3.8) is 0 Å². The van der Waals surface area contributed by atoms with Gasteiger partial charge in [0, 0.05) is 27.9 Å². The van der Waals surface area contributed by atoms with Crippen LogP contribution in [0.2, 0.25) is 10.2 Å². The van der Waals surface area contributed by atoms with Gasteiger partial charge in [-0.3, -0.25) is 14.9 Å². The van der Waals surface area contributed by atoms with Crippen molar-refractivity contribution in [1.29, 1.82) is 0 Å². The summed E-state index contributed by atoms with van der Waals surface area (Å²) >= 11 is 12.8. The first-order chi connectivity index (χ1) is 26.2. The molecule has 2 aromatic heterocycles. The molecule has 272 valence electrons. The van der Waals surface area contributed by atoms with Crippen molar-refractivity contribution in [2.75, 3.05) is 12.4 Å². The maximum Gasteiger partial charge on any atom is 0.411 e. The third-order valence-electron chi connectivity index (χ3n) is 8.13. The number of carbonyl (C=O) groups is 3. The lowest BCUT2D eigenvalue weighted by molar-refractivity contribution is -0.139. The summed E-state index contributed by atoms with van der Waals surface area (Å²) in [5.74, 6) is -0.775. The number of nitrogens with one attached hydrogen (secondary N) is 2. The van der Waals surface area contributed by atoms with Gasteiger partial charge in [0.1, 0.15) is 12.9 Å². The van der Waals surface area contributed by atoms with Gasteiger partial charge >= 0.3 is 12.1 Å². The quantitative estimate of drug-likeness (QED) is 0.0925. The zero-order valence-corrected chi connectivity index (χ0v) is 30.2. The van der Waals surface area contributed by atoms with E-state index in [1.54, 1.807) is 54.6 Å². The number of tetrazole rings is 1. The summed E-state index contributed by atoms with van der Waals surface area (Å²) in [6.45, 7) is 0.138. The second kappa shape index (κ2) is 17.9. The molecule has 15 heteroatoms. The lowest BCUT2D eigenvalue weighted by Crippen LogP contribution is -2.29. The van der Waals surface area contributed by atoms with Crippen LogP contribution in [0.1, 0.15) is 34.0 Å². The fourth-order valence-electron chi connectivity index (χ4n) is 5.40. The van der Waals surface area contributed by atoms with E-state index in [1.807, 2.05) is 54.6 Å². The van der Waals surface area contributed by atoms with Crippen molar-refractivity contribution < 1.29 is 23.9 Å². The highest BCUT2D eigenvalue weighted by Crippen LogP contribution is 2.30. The molecule has 0 radical (unpaired) electrons. The van der Waals surface area contributed by atoms with Crippen LogP contribution in [0.5, 0.6) is 0 Å². The van der Waals surface area contributed by atoms with E-state index in [0.717, 1.165) is 22.3 Å². The Morgan fingerprint density at radius 2 is 1.63 bits per heavy atom. The number of carbonyl (C=O) groups excluding carboxylic acids is 3. The molecule has 6 aromatic rings. The number of methoxy groups -OCH3 is 1. The maximum absolute atomic E-state index is 13.5. The first-order valence-corrected chi connectivity index (χ1v) is 17.3. The molecule has 1 atom stereocenters. The van der Waals surface area contributed by atoms with Crippen molar-refractivity contribution in [3.05, 3.63) is 154 Å². The van der Waals surface area contributed by atoms with Gasteiger partial charge in [0.15, 0.2) is 5.15 Å². The number of anilines is 1. The molecular weight excluding hydrogens is 731 g/mol. The zero-order chi connectivity index (χ0) is 37.9. The summed E-state index contributed by atoms with van der Waals surface area (Å²) in [5, 5.41) is 26.3. The van der Waals surface area contributed by atoms with Crippen LogP contribution in [-0.2, 0) is 38.5 Å². The molecule has 2 amide bonds.